The summed E-state index contributed by atoms with van der Waals surface area (Å²) in [6.07, 6.45) is 3.52. The second-order valence-corrected chi connectivity index (χ2v) is 7.12. The van der Waals surface area contributed by atoms with Gasteiger partial charge in [0.2, 0.25) is 11.8 Å². The molecule has 2 aliphatic rings. The molecule has 1 atom stereocenters. The van der Waals surface area contributed by atoms with Gasteiger partial charge in [0.25, 0.3) is 0 Å². The van der Waals surface area contributed by atoms with Gasteiger partial charge in [0, 0.05) is 50.5 Å². The second-order valence-electron chi connectivity index (χ2n) is 6.72. The molecule has 0 radical (unpaired) electrons. The Morgan fingerprint density at radius 2 is 2.12 bits per heavy atom. The Hall–Kier alpha value is -1.59. The van der Waals surface area contributed by atoms with Crippen molar-refractivity contribution in [3.63, 3.8) is 0 Å². The third-order valence-corrected chi connectivity index (χ3v) is 5.26. The number of ether oxygens (including phenoxy) is 1. The number of carbonyl (C=O) groups excluding carboxylic acids is 2. The van der Waals surface area contributed by atoms with Crippen molar-refractivity contribution < 1.29 is 14.3 Å². The number of halogens is 1. The first-order valence-electron chi connectivity index (χ1n) is 9.04. The van der Waals surface area contributed by atoms with E-state index in [2.05, 4.69) is 0 Å². The van der Waals surface area contributed by atoms with E-state index in [4.69, 9.17) is 16.3 Å². The smallest absolute Gasteiger partial charge is 0.222 e. The third kappa shape index (κ3) is 4.95. The summed E-state index contributed by atoms with van der Waals surface area (Å²) >= 11 is 6.22. The van der Waals surface area contributed by atoms with Gasteiger partial charge in [-0.2, -0.15) is 0 Å². The van der Waals surface area contributed by atoms with Crippen LogP contribution in [0.3, 0.4) is 0 Å². The van der Waals surface area contributed by atoms with E-state index in [0.29, 0.717) is 45.5 Å². The van der Waals surface area contributed by atoms with E-state index >= 15 is 0 Å². The largest absolute Gasteiger partial charge is 0.374 e. The fraction of sp³-hybridized carbons (Fsp3) is 0.579. The minimum atomic E-state index is -0.0160. The van der Waals surface area contributed by atoms with Crippen LogP contribution in [0.2, 0.25) is 5.02 Å². The maximum Gasteiger partial charge on any atom is 0.222 e. The van der Waals surface area contributed by atoms with Crippen molar-refractivity contribution in [1.82, 2.24) is 9.80 Å². The van der Waals surface area contributed by atoms with Crippen molar-refractivity contribution in [3.8, 4) is 0 Å². The van der Waals surface area contributed by atoms with Gasteiger partial charge in [-0.1, -0.05) is 29.8 Å². The predicted octanol–water partition coefficient (Wildman–Crippen LogP) is 2.51. The minimum Gasteiger partial charge on any atom is -0.374 e. The van der Waals surface area contributed by atoms with Gasteiger partial charge >= 0.3 is 0 Å². The number of morpholine rings is 1. The number of nitrogens with zero attached hydrogens (tertiary/aromatic N) is 2. The summed E-state index contributed by atoms with van der Waals surface area (Å²) in [6, 6.07) is 7.75. The molecule has 136 valence electrons. The van der Waals surface area contributed by atoms with Crippen LogP contribution in [0.5, 0.6) is 0 Å². The van der Waals surface area contributed by atoms with Crippen molar-refractivity contribution in [1.29, 1.82) is 0 Å². The maximum atomic E-state index is 12.5. The Bertz CT molecular complexity index is 622. The zero-order chi connectivity index (χ0) is 17.6. The molecule has 5 nitrogen and oxygen atoms in total. The summed E-state index contributed by atoms with van der Waals surface area (Å²) in [5.41, 5.74) is 1.05. The van der Waals surface area contributed by atoms with E-state index in [1.54, 1.807) is 0 Å². The zero-order valence-electron chi connectivity index (χ0n) is 14.5. The molecule has 0 aromatic heterocycles. The molecule has 2 amide bonds. The third-order valence-electron chi connectivity index (χ3n) is 4.89. The molecule has 2 heterocycles. The summed E-state index contributed by atoms with van der Waals surface area (Å²) in [6.45, 7) is 3.33. The van der Waals surface area contributed by atoms with Gasteiger partial charge in [0.1, 0.15) is 0 Å². The van der Waals surface area contributed by atoms with E-state index in [9.17, 15) is 9.59 Å². The standard InChI is InChI=1S/C19H25ClN2O3/c20-17-6-2-1-5-15(17)13-16-14-22(11-12-25-16)19(24)8-4-10-21-9-3-7-18(21)23/h1-2,5-6,16H,3-4,7-14H2/t16-/m0/s1. The first kappa shape index (κ1) is 18.2. The maximum absolute atomic E-state index is 12.5. The Morgan fingerprint density at radius 3 is 2.88 bits per heavy atom. The van der Waals surface area contributed by atoms with E-state index in [0.717, 1.165) is 30.0 Å². The molecule has 1 aromatic carbocycles. The molecule has 0 saturated carbocycles. The Morgan fingerprint density at radius 1 is 1.28 bits per heavy atom. The number of benzene rings is 1. The summed E-state index contributed by atoms with van der Waals surface area (Å²) in [5.74, 6) is 0.373. The molecule has 0 bridgehead atoms. The highest BCUT2D eigenvalue weighted by Gasteiger charge is 2.25. The van der Waals surface area contributed by atoms with Crippen LogP contribution in [0.15, 0.2) is 24.3 Å². The van der Waals surface area contributed by atoms with Gasteiger partial charge in [-0.25, -0.2) is 0 Å². The quantitative estimate of drug-likeness (QED) is 0.779. The Labute approximate surface area is 153 Å². The highest BCUT2D eigenvalue weighted by Crippen LogP contribution is 2.20. The molecule has 1 aromatic rings. The number of carbonyl (C=O) groups is 2. The molecular weight excluding hydrogens is 340 g/mol. The zero-order valence-corrected chi connectivity index (χ0v) is 15.2. The SMILES string of the molecule is O=C1CCCN1CCCC(=O)N1CCO[C@@H](Cc2ccccc2Cl)C1. The molecule has 2 fully saturated rings. The first-order valence-corrected chi connectivity index (χ1v) is 9.42. The van der Waals surface area contributed by atoms with Gasteiger partial charge in [-0.3, -0.25) is 9.59 Å². The summed E-state index contributed by atoms with van der Waals surface area (Å²) in [4.78, 5) is 27.8. The van der Waals surface area contributed by atoms with Crippen LogP contribution in [-0.2, 0) is 20.7 Å². The normalized spacial score (nSPS) is 21.0. The van der Waals surface area contributed by atoms with Crippen LogP contribution < -0.4 is 0 Å². The van der Waals surface area contributed by atoms with Crippen LogP contribution in [0.25, 0.3) is 0 Å². The Kier molecular flexibility index (Phi) is 6.32. The van der Waals surface area contributed by atoms with E-state index < -0.39 is 0 Å². The lowest BCUT2D eigenvalue weighted by molar-refractivity contribution is -0.139. The van der Waals surface area contributed by atoms with E-state index in [1.807, 2.05) is 34.1 Å². The van der Waals surface area contributed by atoms with Crippen molar-refractivity contribution in [2.45, 2.75) is 38.2 Å². The molecule has 0 N–H and O–H groups in total. The second kappa shape index (κ2) is 8.68. The highest BCUT2D eigenvalue weighted by molar-refractivity contribution is 6.31. The predicted molar refractivity (Wildman–Crippen MR) is 96.5 cm³/mol. The van der Waals surface area contributed by atoms with Crippen LogP contribution in [0.1, 0.15) is 31.2 Å². The van der Waals surface area contributed by atoms with Crippen LogP contribution >= 0.6 is 11.6 Å². The van der Waals surface area contributed by atoms with Gasteiger partial charge in [0.05, 0.1) is 12.7 Å². The number of hydrogen-bond acceptors (Lipinski definition) is 3. The summed E-state index contributed by atoms with van der Waals surface area (Å²) in [5, 5.41) is 0.741. The number of rotatable bonds is 6. The monoisotopic (exact) mass is 364 g/mol. The van der Waals surface area contributed by atoms with Gasteiger partial charge in [0.15, 0.2) is 0 Å². The number of amides is 2. The van der Waals surface area contributed by atoms with E-state index in [-0.39, 0.29) is 17.9 Å². The van der Waals surface area contributed by atoms with Gasteiger partial charge in [-0.05, 0) is 24.5 Å². The van der Waals surface area contributed by atoms with Gasteiger partial charge < -0.3 is 14.5 Å². The number of likely N-dealkylation sites (tertiary alicyclic amines) is 1. The van der Waals surface area contributed by atoms with Crippen molar-refractivity contribution in [2.24, 2.45) is 0 Å². The lowest BCUT2D eigenvalue weighted by atomic mass is 10.1. The lowest BCUT2D eigenvalue weighted by Gasteiger charge is -2.33. The van der Waals surface area contributed by atoms with Gasteiger partial charge in [-0.15, -0.1) is 0 Å². The molecule has 25 heavy (non-hydrogen) atoms. The minimum absolute atomic E-state index is 0.0160. The number of hydrogen-bond donors (Lipinski definition) is 0. The van der Waals surface area contributed by atoms with E-state index in [1.165, 1.54) is 0 Å². The highest BCUT2D eigenvalue weighted by atomic mass is 35.5. The summed E-state index contributed by atoms with van der Waals surface area (Å²) < 4.78 is 5.81. The average Bonchev–Trinajstić information content (AvgIpc) is 3.02. The lowest BCUT2D eigenvalue weighted by Crippen LogP contribution is -2.46. The first-order chi connectivity index (χ1) is 12.1. The Balaban J connectivity index is 1.45. The molecule has 0 spiro atoms. The molecule has 0 unspecified atom stereocenters. The molecule has 2 aliphatic heterocycles. The molecule has 3 rings (SSSR count). The summed E-state index contributed by atoms with van der Waals surface area (Å²) in [7, 11) is 0. The van der Waals surface area contributed by atoms with Crippen LogP contribution in [0.4, 0.5) is 0 Å². The van der Waals surface area contributed by atoms with Crippen molar-refractivity contribution in [2.75, 3.05) is 32.8 Å². The average molecular weight is 365 g/mol. The molecule has 6 heteroatoms. The van der Waals surface area contributed by atoms with Crippen LogP contribution in [-0.4, -0.2) is 60.5 Å². The van der Waals surface area contributed by atoms with Crippen LogP contribution in [0, 0.1) is 0 Å². The molecular formula is C19H25ClN2O3. The van der Waals surface area contributed by atoms with Crippen molar-refractivity contribution >= 4 is 23.4 Å². The fourth-order valence-electron chi connectivity index (χ4n) is 3.50. The fourth-order valence-corrected chi connectivity index (χ4v) is 3.71. The molecule has 0 aliphatic carbocycles. The van der Waals surface area contributed by atoms with Crippen molar-refractivity contribution in [3.05, 3.63) is 34.9 Å². The topological polar surface area (TPSA) is 49.9 Å². The molecule has 2 saturated heterocycles.